The minimum atomic E-state index is 0.443. The van der Waals surface area contributed by atoms with Crippen LogP contribution in [0.25, 0.3) is 11.4 Å². The Morgan fingerprint density at radius 2 is 2.00 bits per heavy atom. The SMILES string of the molecule is CCOc1ccccc1-c1nc(C)cc(Cl)n1. The molecular weight excluding hydrogens is 236 g/mol. The molecule has 3 nitrogen and oxygen atoms in total. The van der Waals surface area contributed by atoms with Gasteiger partial charge in [0.1, 0.15) is 10.9 Å². The Hall–Kier alpha value is -1.61. The Morgan fingerprint density at radius 1 is 1.24 bits per heavy atom. The molecule has 0 radical (unpaired) electrons. The third-order valence-electron chi connectivity index (χ3n) is 2.25. The van der Waals surface area contributed by atoms with E-state index in [1.54, 1.807) is 6.07 Å². The number of hydrogen-bond donors (Lipinski definition) is 0. The van der Waals surface area contributed by atoms with E-state index in [1.807, 2.05) is 38.1 Å². The van der Waals surface area contributed by atoms with Crippen LogP contribution >= 0.6 is 11.6 Å². The van der Waals surface area contributed by atoms with Crippen LogP contribution in [-0.4, -0.2) is 16.6 Å². The molecule has 0 aliphatic carbocycles. The molecule has 1 aromatic carbocycles. The van der Waals surface area contributed by atoms with Gasteiger partial charge in [-0.15, -0.1) is 0 Å². The number of halogens is 1. The summed E-state index contributed by atoms with van der Waals surface area (Å²) in [6, 6.07) is 9.41. The lowest BCUT2D eigenvalue weighted by Gasteiger charge is -2.09. The number of para-hydroxylation sites is 1. The van der Waals surface area contributed by atoms with E-state index in [2.05, 4.69) is 9.97 Å². The molecule has 2 aromatic rings. The minimum Gasteiger partial charge on any atom is -0.493 e. The molecular formula is C13H13ClN2O. The van der Waals surface area contributed by atoms with E-state index in [1.165, 1.54) is 0 Å². The van der Waals surface area contributed by atoms with E-state index in [0.717, 1.165) is 17.0 Å². The zero-order valence-electron chi connectivity index (χ0n) is 9.77. The first-order valence-corrected chi connectivity index (χ1v) is 5.82. The van der Waals surface area contributed by atoms with Gasteiger partial charge in [-0.25, -0.2) is 9.97 Å². The summed E-state index contributed by atoms with van der Waals surface area (Å²) < 4.78 is 5.55. The van der Waals surface area contributed by atoms with E-state index in [0.29, 0.717) is 17.6 Å². The van der Waals surface area contributed by atoms with Crippen LogP contribution in [-0.2, 0) is 0 Å². The Balaban J connectivity index is 2.51. The highest BCUT2D eigenvalue weighted by Gasteiger charge is 2.09. The molecule has 0 amide bonds. The van der Waals surface area contributed by atoms with Crippen molar-refractivity contribution in [2.24, 2.45) is 0 Å². The highest BCUT2D eigenvalue weighted by atomic mass is 35.5. The molecule has 88 valence electrons. The number of aryl methyl sites for hydroxylation is 1. The van der Waals surface area contributed by atoms with E-state index in [4.69, 9.17) is 16.3 Å². The van der Waals surface area contributed by atoms with Crippen molar-refractivity contribution < 1.29 is 4.74 Å². The average Bonchev–Trinajstić information content (AvgIpc) is 2.29. The lowest BCUT2D eigenvalue weighted by Crippen LogP contribution is -1.97. The summed E-state index contributed by atoms with van der Waals surface area (Å²) >= 11 is 5.94. The fourth-order valence-corrected chi connectivity index (χ4v) is 1.82. The summed E-state index contributed by atoms with van der Waals surface area (Å²) in [5.41, 5.74) is 1.70. The predicted molar refractivity (Wildman–Crippen MR) is 68.4 cm³/mol. The van der Waals surface area contributed by atoms with Crippen molar-refractivity contribution in [1.82, 2.24) is 9.97 Å². The maximum atomic E-state index is 5.94. The minimum absolute atomic E-state index is 0.443. The van der Waals surface area contributed by atoms with Gasteiger partial charge < -0.3 is 4.74 Å². The molecule has 1 heterocycles. The third kappa shape index (κ3) is 2.74. The maximum absolute atomic E-state index is 5.94. The maximum Gasteiger partial charge on any atom is 0.164 e. The predicted octanol–water partition coefficient (Wildman–Crippen LogP) is 3.50. The van der Waals surface area contributed by atoms with Crippen molar-refractivity contribution >= 4 is 11.6 Å². The normalized spacial score (nSPS) is 10.3. The first-order chi connectivity index (χ1) is 8.20. The fourth-order valence-electron chi connectivity index (χ4n) is 1.58. The molecule has 1 aromatic heterocycles. The van der Waals surface area contributed by atoms with E-state index in [-0.39, 0.29) is 0 Å². The Morgan fingerprint density at radius 3 is 2.71 bits per heavy atom. The molecule has 17 heavy (non-hydrogen) atoms. The van der Waals surface area contributed by atoms with Gasteiger partial charge >= 0.3 is 0 Å². The lowest BCUT2D eigenvalue weighted by molar-refractivity contribution is 0.341. The quantitative estimate of drug-likeness (QED) is 0.780. The fraction of sp³-hybridized carbons (Fsp3) is 0.231. The smallest absolute Gasteiger partial charge is 0.164 e. The summed E-state index contributed by atoms with van der Waals surface area (Å²) in [5, 5.41) is 0.443. The molecule has 0 bridgehead atoms. The second kappa shape index (κ2) is 5.15. The summed E-state index contributed by atoms with van der Waals surface area (Å²) in [5.74, 6) is 1.37. The van der Waals surface area contributed by atoms with Crippen molar-refractivity contribution in [1.29, 1.82) is 0 Å². The van der Waals surface area contributed by atoms with Crippen molar-refractivity contribution in [3.05, 3.63) is 41.2 Å². The number of aromatic nitrogens is 2. The van der Waals surface area contributed by atoms with Crippen LogP contribution in [0, 0.1) is 6.92 Å². The monoisotopic (exact) mass is 248 g/mol. The molecule has 4 heteroatoms. The first-order valence-electron chi connectivity index (χ1n) is 5.44. The average molecular weight is 249 g/mol. The number of nitrogens with zero attached hydrogens (tertiary/aromatic N) is 2. The van der Waals surface area contributed by atoms with Crippen molar-refractivity contribution in [3.63, 3.8) is 0 Å². The van der Waals surface area contributed by atoms with Gasteiger partial charge in [0.2, 0.25) is 0 Å². The molecule has 0 unspecified atom stereocenters. The molecule has 0 N–H and O–H groups in total. The van der Waals surface area contributed by atoms with Crippen LogP contribution < -0.4 is 4.74 Å². The van der Waals surface area contributed by atoms with Crippen molar-refractivity contribution in [3.8, 4) is 17.1 Å². The topological polar surface area (TPSA) is 35.0 Å². The molecule has 0 spiro atoms. The zero-order chi connectivity index (χ0) is 12.3. The molecule has 0 aliphatic rings. The van der Waals surface area contributed by atoms with E-state index in [9.17, 15) is 0 Å². The summed E-state index contributed by atoms with van der Waals surface area (Å²) in [6.45, 7) is 4.44. The number of ether oxygens (including phenoxy) is 1. The van der Waals surface area contributed by atoms with Gasteiger partial charge in [0.15, 0.2) is 5.82 Å². The zero-order valence-corrected chi connectivity index (χ0v) is 10.5. The Labute approximate surface area is 105 Å². The molecule has 0 atom stereocenters. The van der Waals surface area contributed by atoms with Crippen LogP contribution in [0.4, 0.5) is 0 Å². The highest BCUT2D eigenvalue weighted by molar-refractivity contribution is 6.29. The summed E-state index contributed by atoms with van der Waals surface area (Å²) in [6.07, 6.45) is 0. The van der Waals surface area contributed by atoms with Crippen LogP contribution in [0.5, 0.6) is 5.75 Å². The molecule has 0 saturated carbocycles. The summed E-state index contributed by atoms with van der Waals surface area (Å²) in [7, 11) is 0. The van der Waals surface area contributed by atoms with Gasteiger partial charge in [0.25, 0.3) is 0 Å². The van der Waals surface area contributed by atoms with Gasteiger partial charge in [-0.1, -0.05) is 23.7 Å². The molecule has 0 fully saturated rings. The summed E-state index contributed by atoms with van der Waals surface area (Å²) in [4.78, 5) is 8.59. The number of benzene rings is 1. The van der Waals surface area contributed by atoms with E-state index >= 15 is 0 Å². The standard InChI is InChI=1S/C13H13ClN2O/c1-3-17-11-7-5-4-6-10(11)13-15-9(2)8-12(14)16-13/h4-8H,3H2,1-2H3. The molecule has 0 aliphatic heterocycles. The van der Waals surface area contributed by atoms with Crippen LogP contribution in [0.15, 0.2) is 30.3 Å². The van der Waals surface area contributed by atoms with Gasteiger partial charge in [-0.3, -0.25) is 0 Å². The van der Waals surface area contributed by atoms with Gasteiger partial charge in [0.05, 0.1) is 12.2 Å². The lowest BCUT2D eigenvalue weighted by atomic mass is 10.2. The van der Waals surface area contributed by atoms with E-state index < -0.39 is 0 Å². The van der Waals surface area contributed by atoms with Crippen LogP contribution in [0.3, 0.4) is 0 Å². The third-order valence-corrected chi connectivity index (χ3v) is 2.44. The van der Waals surface area contributed by atoms with Crippen LogP contribution in [0.2, 0.25) is 5.15 Å². The second-order valence-corrected chi connectivity index (χ2v) is 3.97. The van der Waals surface area contributed by atoms with Gasteiger partial charge in [0, 0.05) is 5.69 Å². The number of hydrogen-bond acceptors (Lipinski definition) is 3. The van der Waals surface area contributed by atoms with Crippen molar-refractivity contribution in [2.45, 2.75) is 13.8 Å². The van der Waals surface area contributed by atoms with Crippen molar-refractivity contribution in [2.75, 3.05) is 6.61 Å². The molecule has 2 rings (SSSR count). The highest BCUT2D eigenvalue weighted by Crippen LogP contribution is 2.28. The Bertz CT molecular complexity index is 508. The Kier molecular flexibility index (Phi) is 3.59. The van der Waals surface area contributed by atoms with Gasteiger partial charge in [-0.2, -0.15) is 0 Å². The van der Waals surface area contributed by atoms with Gasteiger partial charge in [-0.05, 0) is 32.0 Å². The second-order valence-electron chi connectivity index (χ2n) is 3.58. The first kappa shape index (κ1) is 11.9. The molecule has 0 saturated heterocycles. The largest absolute Gasteiger partial charge is 0.493 e. The van der Waals surface area contributed by atoms with Crippen LogP contribution in [0.1, 0.15) is 12.6 Å². The number of rotatable bonds is 3.